The van der Waals surface area contributed by atoms with E-state index < -0.39 is 0 Å². The van der Waals surface area contributed by atoms with E-state index >= 15 is 0 Å². The van der Waals surface area contributed by atoms with Crippen LogP contribution in [-0.2, 0) is 4.74 Å². The van der Waals surface area contributed by atoms with Gasteiger partial charge in [-0.2, -0.15) is 5.10 Å². The van der Waals surface area contributed by atoms with E-state index in [0.717, 1.165) is 30.2 Å². The third-order valence-corrected chi connectivity index (χ3v) is 4.03. The number of morpholine rings is 1. The Hall–Kier alpha value is -2.60. The standard InChI is InChI=1S/C18H23N5O/c1-14-4-3-5-15(12-14)16-6-7-23(21-16)17(19)13-18(20-2)22-8-10-24-11-9-22/h3-7,12-13,19-20H,8-11H2,1-2H3/b18-13+,19-17?. The van der Waals surface area contributed by atoms with E-state index in [1.807, 2.05) is 31.4 Å². The summed E-state index contributed by atoms with van der Waals surface area (Å²) in [6, 6.07) is 10.1. The van der Waals surface area contributed by atoms with Gasteiger partial charge in [0.15, 0.2) is 0 Å². The summed E-state index contributed by atoms with van der Waals surface area (Å²) in [5, 5.41) is 16.0. The first-order valence-corrected chi connectivity index (χ1v) is 8.11. The molecule has 0 saturated carbocycles. The molecule has 0 radical (unpaired) electrons. The highest BCUT2D eigenvalue weighted by Gasteiger charge is 2.14. The fraction of sp³-hybridized carbons (Fsp3) is 0.333. The van der Waals surface area contributed by atoms with Crippen molar-refractivity contribution in [3.63, 3.8) is 0 Å². The van der Waals surface area contributed by atoms with Crippen molar-refractivity contribution in [1.29, 1.82) is 5.41 Å². The van der Waals surface area contributed by atoms with Crippen LogP contribution in [0.3, 0.4) is 0 Å². The van der Waals surface area contributed by atoms with Crippen molar-refractivity contribution in [1.82, 2.24) is 20.0 Å². The molecule has 1 aromatic heterocycles. The van der Waals surface area contributed by atoms with Crippen molar-refractivity contribution in [3.05, 3.63) is 54.0 Å². The summed E-state index contributed by atoms with van der Waals surface area (Å²) in [5.74, 6) is 1.24. The first-order valence-electron chi connectivity index (χ1n) is 8.11. The second-order valence-electron chi connectivity index (χ2n) is 5.78. The summed E-state index contributed by atoms with van der Waals surface area (Å²) in [6.07, 6.45) is 3.63. The molecular weight excluding hydrogens is 302 g/mol. The average Bonchev–Trinajstić information content (AvgIpc) is 3.10. The number of ether oxygens (including phenoxy) is 1. The van der Waals surface area contributed by atoms with Crippen LogP contribution in [0.15, 0.2) is 48.4 Å². The van der Waals surface area contributed by atoms with Crippen LogP contribution in [0.25, 0.3) is 11.3 Å². The number of aryl methyl sites for hydroxylation is 1. The van der Waals surface area contributed by atoms with Gasteiger partial charge in [0, 0.05) is 38.0 Å². The maximum absolute atomic E-state index is 8.33. The topological polar surface area (TPSA) is 66.2 Å². The van der Waals surface area contributed by atoms with Crippen molar-refractivity contribution in [2.75, 3.05) is 33.4 Å². The van der Waals surface area contributed by atoms with Crippen LogP contribution >= 0.6 is 0 Å². The van der Waals surface area contributed by atoms with E-state index in [0.29, 0.717) is 19.0 Å². The number of rotatable bonds is 4. The van der Waals surface area contributed by atoms with Gasteiger partial charge in [-0.15, -0.1) is 0 Å². The maximum Gasteiger partial charge on any atom is 0.149 e. The van der Waals surface area contributed by atoms with E-state index in [4.69, 9.17) is 10.1 Å². The smallest absolute Gasteiger partial charge is 0.149 e. The molecular formula is C18H23N5O. The van der Waals surface area contributed by atoms with Gasteiger partial charge in [0.05, 0.1) is 18.9 Å². The number of aromatic nitrogens is 2. The largest absolute Gasteiger partial charge is 0.378 e. The summed E-state index contributed by atoms with van der Waals surface area (Å²) in [5.41, 5.74) is 3.13. The molecule has 1 aliphatic rings. The third-order valence-electron chi connectivity index (χ3n) is 4.03. The van der Waals surface area contributed by atoms with Gasteiger partial charge < -0.3 is 15.0 Å². The molecule has 6 heteroatoms. The van der Waals surface area contributed by atoms with Crippen LogP contribution in [0.5, 0.6) is 0 Å². The molecule has 2 aromatic rings. The van der Waals surface area contributed by atoms with Gasteiger partial charge in [-0.3, -0.25) is 5.41 Å². The lowest BCUT2D eigenvalue weighted by atomic mass is 10.1. The molecule has 1 fully saturated rings. The Labute approximate surface area is 142 Å². The molecule has 6 nitrogen and oxygen atoms in total. The SMILES string of the molecule is CN/C(=C\C(=N)n1ccc(-c2cccc(C)c2)n1)N1CCOCC1. The Kier molecular flexibility index (Phi) is 4.96. The lowest BCUT2D eigenvalue weighted by Gasteiger charge is -2.30. The van der Waals surface area contributed by atoms with Gasteiger partial charge in [0.2, 0.25) is 0 Å². The predicted molar refractivity (Wildman–Crippen MR) is 95.1 cm³/mol. The Morgan fingerprint density at radius 2 is 2.08 bits per heavy atom. The van der Waals surface area contributed by atoms with Crippen molar-refractivity contribution in [2.45, 2.75) is 6.92 Å². The number of hydrogen-bond acceptors (Lipinski definition) is 5. The molecule has 24 heavy (non-hydrogen) atoms. The second kappa shape index (κ2) is 7.31. The van der Waals surface area contributed by atoms with Crippen LogP contribution in [0, 0.1) is 12.3 Å². The van der Waals surface area contributed by atoms with Crippen molar-refractivity contribution < 1.29 is 4.74 Å². The predicted octanol–water partition coefficient (Wildman–Crippen LogP) is 2.08. The second-order valence-corrected chi connectivity index (χ2v) is 5.78. The first kappa shape index (κ1) is 16.3. The quantitative estimate of drug-likeness (QED) is 0.667. The van der Waals surface area contributed by atoms with E-state index in [-0.39, 0.29) is 0 Å². The molecule has 1 aliphatic heterocycles. The number of nitrogens with one attached hydrogen (secondary N) is 2. The molecule has 0 bridgehead atoms. The van der Waals surface area contributed by atoms with Crippen LogP contribution < -0.4 is 5.32 Å². The fourth-order valence-corrected chi connectivity index (χ4v) is 2.74. The third kappa shape index (κ3) is 3.65. The number of hydrogen-bond donors (Lipinski definition) is 2. The lowest BCUT2D eigenvalue weighted by Crippen LogP contribution is -2.39. The van der Waals surface area contributed by atoms with Gasteiger partial charge in [-0.1, -0.05) is 23.8 Å². The highest BCUT2D eigenvalue weighted by atomic mass is 16.5. The van der Waals surface area contributed by atoms with E-state index in [9.17, 15) is 0 Å². The summed E-state index contributed by atoms with van der Waals surface area (Å²) in [4.78, 5) is 2.18. The first-order chi connectivity index (χ1) is 11.7. The zero-order chi connectivity index (χ0) is 16.9. The van der Waals surface area contributed by atoms with Crippen LogP contribution in [0.2, 0.25) is 0 Å². The van der Waals surface area contributed by atoms with Gasteiger partial charge in [-0.25, -0.2) is 4.68 Å². The van der Waals surface area contributed by atoms with Crippen LogP contribution in [-0.4, -0.2) is 53.9 Å². The molecule has 1 saturated heterocycles. The Balaban J connectivity index is 1.78. The molecule has 3 rings (SSSR count). The molecule has 0 unspecified atom stereocenters. The highest BCUT2D eigenvalue weighted by molar-refractivity contribution is 5.92. The van der Waals surface area contributed by atoms with Crippen molar-refractivity contribution in [2.24, 2.45) is 0 Å². The average molecular weight is 325 g/mol. The van der Waals surface area contributed by atoms with E-state index in [1.54, 1.807) is 10.8 Å². The van der Waals surface area contributed by atoms with E-state index in [1.165, 1.54) is 5.56 Å². The molecule has 1 aromatic carbocycles. The molecule has 0 aliphatic carbocycles. The minimum absolute atomic E-state index is 0.324. The van der Waals surface area contributed by atoms with Gasteiger partial charge >= 0.3 is 0 Å². The fourth-order valence-electron chi connectivity index (χ4n) is 2.74. The molecule has 0 amide bonds. The number of allylic oxidation sites excluding steroid dienone is 1. The van der Waals surface area contributed by atoms with Crippen LogP contribution in [0.1, 0.15) is 5.56 Å². The van der Waals surface area contributed by atoms with E-state index in [2.05, 4.69) is 34.4 Å². The van der Waals surface area contributed by atoms with Crippen LogP contribution in [0.4, 0.5) is 0 Å². The molecule has 0 spiro atoms. The molecule has 0 atom stereocenters. The van der Waals surface area contributed by atoms with Gasteiger partial charge in [-0.05, 0) is 19.1 Å². The Morgan fingerprint density at radius 1 is 1.29 bits per heavy atom. The number of nitrogens with zero attached hydrogens (tertiary/aromatic N) is 3. The van der Waals surface area contributed by atoms with Crippen molar-refractivity contribution >= 4 is 5.84 Å². The summed E-state index contributed by atoms with van der Waals surface area (Å²) in [6.45, 7) is 5.14. The molecule has 2 N–H and O–H groups in total. The summed E-state index contributed by atoms with van der Waals surface area (Å²) in [7, 11) is 1.87. The minimum atomic E-state index is 0.324. The van der Waals surface area contributed by atoms with Gasteiger partial charge in [0.25, 0.3) is 0 Å². The zero-order valence-corrected chi connectivity index (χ0v) is 14.1. The summed E-state index contributed by atoms with van der Waals surface area (Å²) >= 11 is 0. The summed E-state index contributed by atoms with van der Waals surface area (Å²) < 4.78 is 6.97. The van der Waals surface area contributed by atoms with Gasteiger partial charge in [0.1, 0.15) is 11.7 Å². The molecule has 2 heterocycles. The normalized spacial score (nSPS) is 15.4. The maximum atomic E-state index is 8.33. The lowest BCUT2D eigenvalue weighted by molar-refractivity contribution is 0.0510. The highest BCUT2D eigenvalue weighted by Crippen LogP contribution is 2.18. The Morgan fingerprint density at radius 3 is 2.79 bits per heavy atom. The van der Waals surface area contributed by atoms with Crippen molar-refractivity contribution in [3.8, 4) is 11.3 Å². The monoisotopic (exact) mass is 325 g/mol. The Bertz CT molecular complexity index is 743. The minimum Gasteiger partial charge on any atom is -0.378 e. The molecule has 126 valence electrons. The number of benzene rings is 1. The zero-order valence-electron chi connectivity index (χ0n) is 14.1.